The highest BCUT2D eigenvalue weighted by atomic mass is 16.6. The Balaban J connectivity index is 2.27. The first kappa shape index (κ1) is 16.7. The molecule has 1 aromatic heterocycles. The van der Waals surface area contributed by atoms with E-state index >= 15 is 0 Å². The van der Waals surface area contributed by atoms with Crippen LogP contribution in [0.1, 0.15) is 36.9 Å². The predicted octanol–water partition coefficient (Wildman–Crippen LogP) is 1.50. The zero-order valence-electron chi connectivity index (χ0n) is 14.0. The molecule has 132 valence electrons. The zero-order chi connectivity index (χ0) is 18.3. The number of nitro groups is 1. The lowest BCUT2D eigenvalue weighted by Gasteiger charge is -2.26. The highest BCUT2D eigenvalue weighted by molar-refractivity contribution is 5.97. The average molecular weight is 346 g/mol. The second-order valence-electron chi connectivity index (χ2n) is 6.14. The Morgan fingerprint density at radius 3 is 2.64 bits per heavy atom. The summed E-state index contributed by atoms with van der Waals surface area (Å²) in [5, 5.41) is 16.7. The van der Waals surface area contributed by atoms with Gasteiger partial charge in [0.05, 0.1) is 18.6 Å². The number of ether oxygens (including phenoxy) is 1. The van der Waals surface area contributed by atoms with E-state index in [0.717, 1.165) is 0 Å². The van der Waals surface area contributed by atoms with Crippen LogP contribution in [0.15, 0.2) is 29.1 Å². The number of amides is 1. The maximum absolute atomic E-state index is 12.5. The molecule has 2 N–H and O–H groups in total. The number of carbonyl (C=O) groups excluding carboxylic acids is 1. The minimum Gasteiger partial charge on any atom is -0.497 e. The second kappa shape index (κ2) is 6.08. The number of methoxy groups -OCH3 is 1. The van der Waals surface area contributed by atoms with Gasteiger partial charge in [0.25, 0.3) is 5.56 Å². The van der Waals surface area contributed by atoms with E-state index in [-0.39, 0.29) is 17.4 Å². The molecule has 2 heterocycles. The quantitative estimate of drug-likeness (QED) is 0.642. The van der Waals surface area contributed by atoms with E-state index in [1.54, 1.807) is 24.3 Å². The number of rotatable bonds is 4. The largest absolute Gasteiger partial charge is 0.497 e. The Kier molecular flexibility index (Phi) is 4.07. The fraction of sp³-hybridized carbons (Fsp3) is 0.375. The monoisotopic (exact) mass is 346 g/mol. The number of aromatic amines is 1. The molecule has 2 atom stereocenters. The fourth-order valence-electron chi connectivity index (χ4n) is 3.17. The maximum atomic E-state index is 12.5. The van der Waals surface area contributed by atoms with E-state index in [0.29, 0.717) is 11.3 Å². The summed E-state index contributed by atoms with van der Waals surface area (Å²) in [6, 6.07) is 4.90. The number of hydrogen-bond donors (Lipinski definition) is 2. The number of nitrogens with one attached hydrogen (secondary N) is 2. The number of anilines is 1. The Bertz CT molecular complexity index is 898. The van der Waals surface area contributed by atoms with Crippen molar-refractivity contribution in [3.8, 4) is 5.75 Å². The fourth-order valence-corrected chi connectivity index (χ4v) is 3.17. The van der Waals surface area contributed by atoms with Crippen LogP contribution in [0.2, 0.25) is 0 Å². The van der Waals surface area contributed by atoms with Gasteiger partial charge in [-0.2, -0.15) is 0 Å². The zero-order valence-corrected chi connectivity index (χ0v) is 14.0. The highest BCUT2D eigenvalue weighted by Crippen LogP contribution is 2.38. The summed E-state index contributed by atoms with van der Waals surface area (Å²) in [4.78, 5) is 35.8. The van der Waals surface area contributed by atoms with Crippen molar-refractivity contribution in [3.63, 3.8) is 0 Å². The van der Waals surface area contributed by atoms with E-state index in [4.69, 9.17) is 4.74 Å². The van der Waals surface area contributed by atoms with Gasteiger partial charge in [0.1, 0.15) is 11.6 Å². The van der Waals surface area contributed by atoms with Crippen molar-refractivity contribution in [1.82, 2.24) is 9.78 Å². The standard InChI is InChI=1S/C16H18N4O5/c1-8(2)19-14-12(15(21)18-19)11(13(20(23)24)16(22)17-14)9-5-4-6-10(7-9)25-3/h4-8,11,13H,1-3H3,(H,17,22)(H,18,21)/t11-,13+/m1/s1. The molecule has 2 aromatic rings. The molecular weight excluding hydrogens is 328 g/mol. The molecule has 9 heteroatoms. The summed E-state index contributed by atoms with van der Waals surface area (Å²) in [5.41, 5.74) is 0.204. The minimum atomic E-state index is -1.59. The van der Waals surface area contributed by atoms with Crippen molar-refractivity contribution in [2.24, 2.45) is 0 Å². The van der Waals surface area contributed by atoms with Crippen LogP contribution < -0.4 is 15.6 Å². The van der Waals surface area contributed by atoms with Gasteiger partial charge >= 0.3 is 11.9 Å². The number of nitrogens with zero attached hydrogens (tertiary/aromatic N) is 2. The predicted molar refractivity (Wildman–Crippen MR) is 89.7 cm³/mol. The number of H-pyrrole nitrogens is 1. The summed E-state index contributed by atoms with van der Waals surface area (Å²) in [5.74, 6) is -0.987. The molecule has 1 amide bonds. The number of hydrogen-bond acceptors (Lipinski definition) is 5. The first-order valence-electron chi connectivity index (χ1n) is 7.77. The van der Waals surface area contributed by atoms with Crippen LogP contribution in [0.3, 0.4) is 0 Å². The molecule has 25 heavy (non-hydrogen) atoms. The van der Waals surface area contributed by atoms with Gasteiger partial charge < -0.3 is 10.1 Å². The smallest absolute Gasteiger partial charge is 0.301 e. The molecule has 0 spiro atoms. The van der Waals surface area contributed by atoms with E-state index in [9.17, 15) is 19.7 Å². The summed E-state index contributed by atoms with van der Waals surface area (Å²) in [6.07, 6.45) is 0. The van der Waals surface area contributed by atoms with Crippen molar-refractivity contribution in [1.29, 1.82) is 0 Å². The number of carbonyl (C=O) groups is 1. The van der Waals surface area contributed by atoms with Gasteiger partial charge in [-0.1, -0.05) is 12.1 Å². The Morgan fingerprint density at radius 2 is 2.04 bits per heavy atom. The molecule has 1 aliphatic heterocycles. The third-order valence-electron chi connectivity index (χ3n) is 4.30. The first-order chi connectivity index (χ1) is 11.8. The van der Waals surface area contributed by atoms with Crippen LogP contribution in [0.25, 0.3) is 0 Å². The Labute approximate surface area is 142 Å². The summed E-state index contributed by atoms with van der Waals surface area (Å²) in [6.45, 7) is 3.67. The van der Waals surface area contributed by atoms with Crippen LogP contribution >= 0.6 is 0 Å². The lowest BCUT2D eigenvalue weighted by Crippen LogP contribution is -2.45. The van der Waals surface area contributed by atoms with E-state index in [1.165, 1.54) is 11.8 Å². The molecule has 0 saturated heterocycles. The number of aromatic nitrogens is 2. The molecule has 0 saturated carbocycles. The highest BCUT2D eigenvalue weighted by Gasteiger charge is 2.48. The minimum absolute atomic E-state index is 0.130. The lowest BCUT2D eigenvalue weighted by molar-refractivity contribution is -0.509. The van der Waals surface area contributed by atoms with Gasteiger partial charge in [-0.05, 0) is 31.5 Å². The number of benzene rings is 1. The summed E-state index contributed by atoms with van der Waals surface area (Å²) in [7, 11) is 1.48. The topological polar surface area (TPSA) is 119 Å². The van der Waals surface area contributed by atoms with Crippen LogP contribution in [-0.2, 0) is 4.79 Å². The molecule has 3 rings (SSSR count). The molecule has 0 radical (unpaired) electrons. The van der Waals surface area contributed by atoms with Crippen molar-refractivity contribution in [2.75, 3.05) is 12.4 Å². The summed E-state index contributed by atoms with van der Waals surface area (Å²) < 4.78 is 6.68. The first-order valence-corrected chi connectivity index (χ1v) is 7.77. The van der Waals surface area contributed by atoms with Gasteiger partial charge in [0.2, 0.25) is 0 Å². The van der Waals surface area contributed by atoms with E-state index in [2.05, 4.69) is 10.4 Å². The van der Waals surface area contributed by atoms with Gasteiger partial charge in [0.15, 0.2) is 0 Å². The van der Waals surface area contributed by atoms with E-state index < -0.39 is 28.3 Å². The molecule has 1 aliphatic rings. The number of fused-ring (bicyclic) bond motifs is 1. The van der Waals surface area contributed by atoms with Crippen molar-refractivity contribution in [3.05, 3.63) is 55.9 Å². The molecule has 9 nitrogen and oxygen atoms in total. The van der Waals surface area contributed by atoms with Crippen LogP contribution in [0, 0.1) is 10.1 Å². The van der Waals surface area contributed by atoms with Gasteiger partial charge in [-0.25, -0.2) is 0 Å². The van der Waals surface area contributed by atoms with Crippen molar-refractivity contribution in [2.45, 2.75) is 31.8 Å². The van der Waals surface area contributed by atoms with E-state index in [1.807, 2.05) is 13.8 Å². The third-order valence-corrected chi connectivity index (χ3v) is 4.30. The van der Waals surface area contributed by atoms with Gasteiger partial charge in [0, 0.05) is 11.0 Å². The molecule has 0 unspecified atom stereocenters. The van der Waals surface area contributed by atoms with Crippen molar-refractivity contribution < 1.29 is 14.5 Å². The lowest BCUT2D eigenvalue weighted by atomic mass is 9.83. The Morgan fingerprint density at radius 1 is 1.32 bits per heavy atom. The van der Waals surface area contributed by atoms with Gasteiger partial charge in [-0.3, -0.25) is 29.5 Å². The summed E-state index contributed by atoms with van der Waals surface area (Å²) >= 11 is 0. The van der Waals surface area contributed by atoms with Crippen LogP contribution in [0.5, 0.6) is 5.75 Å². The van der Waals surface area contributed by atoms with Crippen LogP contribution in [0.4, 0.5) is 5.82 Å². The molecule has 0 aliphatic carbocycles. The molecule has 1 aromatic carbocycles. The third kappa shape index (κ3) is 2.67. The molecule has 0 bridgehead atoms. The maximum Gasteiger partial charge on any atom is 0.301 e. The molecule has 0 fully saturated rings. The SMILES string of the molecule is COc1cccc([C@@H]2c3c(n(C(C)C)[nH]c3=O)NC(=O)[C@H]2[N+](=O)[O-])c1. The normalized spacial score (nSPS) is 19.4. The second-order valence-corrected chi connectivity index (χ2v) is 6.14. The van der Waals surface area contributed by atoms with Crippen LogP contribution in [-0.4, -0.2) is 33.8 Å². The van der Waals surface area contributed by atoms with Crippen molar-refractivity contribution >= 4 is 11.7 Å². The van der Waals surface area contributed by atoms with Gasteiger partial charge in [-0.15, -0.1) is 0 Å². The average Bonchev–Trinajstić information content (AvgIpc) is 2.90. The molecular formula is C16H18N4O5. The Hall–Kier alpha value is -3.10.